The average Bonchev–Trinajstić information content (AvgIpc) is 3.37. The SMILES string of the molecule is O=C1CN(Cc2c(-c3ccc(Cl)cc3Cl)nc3ccc(-c4ncon4)cn23)CCN1. The van der Waals surface area contributed by atoms with Crippen molar-refractivity contribution in [1.82, 2.24) is 29.7 Å². The molecule has 0 aliphatic carbocycles. The zero-order valence-corrected chi connectivity index (χ0v) is 17.2. The quantitative estimate of drug-likeness (QED) is 0.521. The highest BCUT2D eigenvalue weighted by Gasteiger charge is 2.23. The lowest BCUT2D eigenvalue weighted by molar-refractivity contribution is -0.124. The zero-order chi connectivity index (χ0) is 20.7. The Bertz CT molecular complexity index is 1240. The molecule has 0 radical (unpaired) electrons. The number of halogens is 2. The zero-order valence-electron chi connectivity index (χ0n) is 15.7. The number of piperazine rings is 1. The molecular weight excluding hydrogens is 427 g/mol. The average molecular weight is 443 g/mol. The maximum absolute atomic E-state index is 11.9. The molecule has 1 amide bonds. The van der Waals surface area contributed by atoms with Gasteiger partial charge in [-0.25, -0.2) is 4.98 Å². The van der Waals surface area contributed by atoms with Gasteiger partial charge in [0.25, 0.3) is 0 Å². The molecule has 0 atom stereocenters. The third-order valence-electron chi connectivity index (χ3n) is 5.01. The van der Waals surface area contributed by atoms with E-state index in [1.54, 1.807) is 12.1 Å². The fraction of sp³-hybridized carbons (Fsp3) is 0.200. The summed E-state index contributed by atoms with van der Waals surface area (Å²) in [5.41, 5.74) is 3.98. The van der Waals surface area contributed by atoms with E-state index < -0.39 is 0 Å². The van der Waals surface area contributed by atoms with E-state index in [2.05, 4.69) is 20.4 Å². The topological polar surface area (TPSA) is 88.6 Å². The number of imidazole rings is 1. The van der Waals surface area contributed by atoms with Crippen LogP contribution < -0.4 is 5.32 Å². The van der Waals surface area contributed by atoms with Crippen molar-refractivity contribution < 1.29 is 9.32 Å². The number of amides is 1. The number of benzene rings is 1. The van der Waals surface area contributed by atoms with E-state index in [0.717, 1.165) is 34.7 Å². The van der Waals surface area contributed by atoms with Crippen LogP contribution in [0.15, 0.2) is 47.4 Å². The van der Waals surface area contributed by atoms with E-state index in [1.807, 2.05) is 28.8 Å². The van der Waals surface area contributed by atoms with Gasteiger partial charge in [0.05, 0.1) is 23.0 Å². The Kier molecular flexibility index (Phi) is 4.90. The van der Waals surface area contributed by atoms with Gasteiger partial charge in [-0.15, -0.1) is 0 Å². The van der Waals surface area contributed by atoms with Crippen molar-refractivity contribution >= 4 is 34.8 Å². The van der Waals surface area contributed by atoms with Gasteiger partial charge in [-0.05, 0) is 30.3 Å². The van der Waals surface area contributed by atoms with Gasteiger partial charge < -0.3 is 14.2 Å². The summed E-state index contributed by atoms with van der Waals surface area (Å²) in [5.74, 6) is 0.494. The Hall–Kier alpha value is -2.94. The van der Waals surface area contributed by atoms with Gasteiger partial charge >= 0.3 is 0 Å². The third kappa shape index (κ3) is 3.54. The molecule has 5 rings (SSSR count). The minimum atomic E-state index is 0.00799. The molecule has 3 aromatic heterocycles. The number of hydrogen-bond donors (Lipinski definition) is 1. The normalized spacial score (nSPS) is 14.9. The number of pyridine rings is 1. The van der Waals surface area contributed by atoms with Gasteiger partial charge in [0.2, 0.25) is 18.1 Å². The Morgan fingerprint density at radius 1 is 1.20 bits per heavy atom. The fourth-order valence-electron chi connectivity index (χ4n) is 3.61. The molecule has 8 nitrogen and oxygen atoms in total. The molecule has 1 aliphatic rings. The van der Waals surface area contributed by atoms with E-state index in [-0.39, 0.29) is 5.91 Å². The molecule has 1 fully saturated rings. The van der Waals surface area contributed by atoms with Crippen molar-refractivity contribution in [2.24, 2.45) is 0 Å². The van der Waals surface area contributed by atoms with Crippen LogP contribution in [0.3, 0.4) is 0 Å². The van der Waals surface area contributed by atoms with Crippen LogP contribution in [0, 0.1) is 0 Å². The summed E-state index contributed by atoms with van der Waals surface area (Å²) in [4.78, 5) is 22.9. The lowest BCUT2D eigenvalue weighted by Crippen LogP contribution is -2.47. The Balaban J connectivity index is 1.66. The van der Waals surface area contributed by atoms with Crippen molar-refractivity contribution in [3.8, 4) is 22.6 Å². The lowest BCUT2D eigenvalue weighted by Gasteiger charge is -2.26. The summed E-state index contributed by atoms with van der Waals surface area (Å²) in [5, 5.41) is 7.84. The van der Waals surface area contributed by atoms with Crippen molar-refractivity contribution in [2.75, 3.05) is 19.6 Å². The molecule has 0 bridgehead atoms. The predicted molar refractivity (Wildman–Crippen MR) is 112 cm³/mol. The second kappa shape index (κ2) is 7.71. The number of carbonyl (C=O) groups excluding carboxylic acids is 1. The first kappa shape index (κ1) is 19.0. The molecule has 10 heteroatoms. The smallest absolute Gasteiger partial charge is 0.234 e. The first-order chi connectivity index (χ1) is 14.6. The van der Waals surface area contributed by atoms with E-state index in [4.69, 9.17) is 32.7 Å². The second-order valence-corrected chi connectivity index (χ2v) is 7.84. The van der Waals surface area contributed by atoms with Gasteiger partial charge in [0.1, 0.15) is 5.65 Å². The van der Waals surface area contributed by atoms with Gasteiger partial charge in [-0.3, -0.25) is 9.69 Å². The van der Waals surface area contributed by atoms with Gasteiger partial charge in [-0.2, -0.15) is 4.98 Å². The van der Waals surface area contributed by atoms with E-state index in [0.29, 0.717) is 35.5 Å². The maximum Gasteiger partial charge on any atom is 0.234 e. The highest BCUT2D eigenvalue weighted by Crippen LogP contribution is 2.34. The number of nitrogens with zero attached hydrogens (tertiary/aromatic N) is 5. The standard InChI is InChI=1S/C20H16Cl2N6O2/c21-13-2-3-14(15(22)7-13)19-16(9-27-6-5-23-18(29)10-27)28-8-12(1-4-17(28)25-19)20-24-11-30-26-20/h1-4,7-8,11H,5-6,9-10H2,(H,23,29). The number of carbonyl (C=O) groups is 1. The minimum Gasteiger partial charge on any atom is -0.354 e. The van der Waals surface area contributed by atoms with Gasteiger partial charge in [0, 0.05) is 42.0 Å². The summed E-state index contributed by atoms with van der Waals surface area (Å²) in [6, 6.07) is 9.13. The number of aromatic nitrogens is 4. The first-order valence-corrected chi connectivity index (χ1v) is 10.1. The second-order valence-electron chi connectivity index (χ2n) is 6.99. The number of fused-ring (bicyclic) bond motifs is 1. The monoisotopic (exact) mass is 442 g/mol. The van der Waals surface area contributed by atoms with Crippen LogP contribution in [0.25, 0.3) is 28.3 Å². The van der Waals surface area contributed by atoms with Crippen molar-refractivity contribution in [3.63, 3.8) is 0 Å². The van der Waals surface area contributed by atoms with E-state index in [9.17, 15) is 4.79 Å². The molecule has 0 spiro atoms. The predicted octanol–water partition coefficient (Wildman–Crippen LogP) is 3.29. The lowest BCUT2D eigenvalue weighted by atomic mass is 10.1. The maximum atomic E-state index is 11.9. The van der Waals surface area contributed by atoms with E-state index >= 15 is 0 Å². The van der Waals surface area contributed by atoms with Crippen LogP contribution in [0.5, 0.6) is 0 Å². The molecule has 0 saturated carbocycles. The van der Waals surface area contributed by atoms with Crippen LogP contribution in [-0.2, 0) is 11.3 Å². The molecule has 0 unspecified atom stereocenters. The minimum absolute atomic E-state index is 0.00799. The van der Waals surface area contributed by atoms with E-state index in [1.165, 1.54) is 6.39 Å². The molecule has 30 heavy (non-hydrogen) atoms. The highest BCUT2D eigenvalue weighted by atomic mass is 35.5. The molecule has 4 heterocycles. The highest BCUT2D eigenvalue weighted by molar-refractivity contribution is 6.36. The summed E-state index contributed by atoms with van der Waals surface area (Å²) in [7, 11) is 0. The Labute approximate surface area is 181 Å². The molecule has 1 N–H and O–H groups in total. The van der Waals surface area contributed by atoms with Crippen molar-refractivity contribution in [2.45, 2.75) is 6.54 Å². The van der Waals surface area contributed by atoms with Crippen LogP contribution in [0.1, 0.15) is 5.69 Å². The summed E-state index contributed by atoms with van der Waals surface area (Å²) < 4.78 is 6.86. The van der Waals surface area contributed by atoms with Crippen LogP contribution in [0.4, 0.5) is 0 Å². The number of hydrogen-bond acceptors (Lipinski definition) is 6. The van der Waals surface area contributed by atoms with Crippen LogP contribution >= 0.6 is 23.2 Å². The molecule has 4 aromatic rings. The molecule has 152 valence electrons. The van der Waals surface area contributed by atoms with Crippen molar-refractivity contribution in [1.29, 1.82) is 0 Å². The molecular formula is C20H16Cl2N6O2. The fourth-order valence-corrected chi connectivity index (χ4v) is 4.11. The first-order valence-electron chi connectivity index (χ1n) is 9.31. The summed E-state index contributed by atoms with van der Waals surface area (Å²) in [6.45, 7) is 2.21. The Morgan fingerprint density at radius 2 is 2.10 bits per heavy atom. The van der Waals surface area contributed by atoms with Crippen LogP contribution in [-0.4, -0.2) is 50.0 Å². The summed E-state index contributed by atoms with van der Waals surface area (Å²) >= 11 is 12.6. The largest absolute Gasteiger partial charge is 0.354 e. The Morgan fingerprint density at radius 3 is 2.87 bits per heavy atom. The van der Waals surface area contributed by atoms with Crippen LogP contribution in [0.2, 0.25) is 10.0 Å². The van der Waals surface area contributed by atoms with Gasteiger partial charge in [0.15, 0.2) is 0 Å². The van der Waals surface area contributed by atoms with Gasteiger partial charge in [-0.1, -0.05) is 28.4 Å². The summed E-state index contributed by atoms with van der Waals surface area (Å²) in [6.07, 6.45) is 3.21. The third-order valence-corrected chi connectivity index (χ3v) is 5.56. The molecule has 1 aromatic carbocycles. The van der Waals surface area contributed by atoms with Crippen molar-refractivity contribution in [3.05, 3.63) is 58.7 Å². The number of nitrogens with one attached hydrogen (secondary N) is 1. The molecule has 1 saturated heterocycles. The molecule has 1 aliphatic heterocycles. The number of rotatable bonds is 4.